The lowest BCUT2D eigenvalue weighted by molar-refractivity contribution is -0.0104. The highest BCUT2D eigenvalue weighted by atomic mass is 32.2. The van der Waals surface area contributed by atoms with E-state index in [1.165, 1.54) is 0 Å². The van der Waals surface area contributed by atoms with Gasteiger partial charge in [-0.1, -0.05) is 13.8 Å². The van der Waals surface area contributed by atoms with Crippen molar-refractivity contribution in [1.29, 1.82) is 0 Å². The Labute approximate surface area is 182 Å². The number of amides is 1. The Bertz CT molecular complexity index is 893. The first-order chi connectivity index (χ1) is 14.1. The van der Waals surface area contributed by atoms with Crippen LogP contribution >= 0.6 is 11.8 Å². The first-order valence-electron chi connectivity index (χ1n) is 10.4. The summed E-state index contributed by atoms with van der Waals surface area (Å²) in [5.41, 5.74) is 1.43. The Balaban J connectivity index is 1.65. The van der Waals surface area contributed by atoms with Gasteiger partial charge in [0.15, 0.2) is 5.65 Å². The van der Waals surface area contributed by atoms with Crippen molar-refractivity contribution in [3.05, 3.63) is 17.8 Å². The molecule has 166 valence electrons. The average Bonchev–Trinajstić information content (AvgIpc) is 3.09. The van der Waals surface area contributed by atoms with Gasteiger partial charge in [0.1, 0.15) is 16.4 Å². The summed E-state index contributed by atoms with van der Waals surface area (Å²) in [5, 5.41) is 19.5. The van der Waals surface area contributed by atoms with Crippen LogP contribution in [0.2, 0.25) is 0 Å². The number of fused-ring (bicyclic) bond motifs is 1. The van der Waals surface area contributed by atoms with E-state index in [0.717, 1.165) is 22.1 Å². The molecule has 0 unspecified atom stereocenters. The molecule has 1 amide bonds. The van der Waals surface area contributed by atoms with Crippen molar-refractivity contribution in [2.75, 3.05) is 31.2 Å². The molecule has 0 aliphatic carbocycles. The monoisotopic (exact) mass is 435 g/mol. The molecule has 3 rings (SSSR count). The molecule has 30 heavy (non-hydrogen) atoms. The molecule has 1 saturated heterocycles. The van der Waals surface area contributed by atoms with Gasteiger partial charge in [0, 0.05) is 30.6 Å². The van der Waals surface area contributed by atoms with Gasteiger partial charge in [0.2, 0.25) is 0 Å². The Morgan fingerprint density at radius 1 is 1.43 bits per heavy atom. The molecule has 2 atom stereocenters. The van der Waals surface area contributed by atoms with Crippen LogP contribution in [0, 0.1) is 5.92 Å². The maximum atomic E-state index is 12.3. The predicted octanol–water partition coefficient (Wildman–Crippen LogP) is 3.60. The summed E-state index contributed by atoms with van der Waals surface area (Å²) in [6, 6.07) is 1.98. The largest absolute Gasteiger partial charge is 0.444 e. The van der Waals surface area contributed by atoms with Crippen molar-refractivity contribution in [3.63, 3.8) is 0 Å². The van der Waals surface area contributed by atoms with Crippen molar-refractivity contribution in [3.8, 4) is 0 Å². The van der Waals surface area contributed by atoms with Crippen molar-refractivity contribution in [1.82, 2.24) is 19.5 Å². The van der Waals surface area contributed by atoms with Crippen molar-refractivity contribution in [2.24, 2.45) is 5.92 Å². The minimum absolute atomic E-state index is 0.0360. The lowest BCUT2D eigenvalue weighted by Crippen LogP contribution is -2.49. The van der Waals surface area contributed by atoms with Gasteiger partial charge in [-0.3, -0.25) is 0 Å². The Morgan fingerprint density at radius 2 is 2.17 bits per heavy atom. The molecular formula is C21H33N5O3S. The average molecular weight is 436 g/mol. The van der Waals surface area contributed by atoms with Crippen LogP contribution in [0.3, 0.4) is 0 Å². The summed E-state index contributed by atoms with van der Waals surface area (Å²) in [4.78, 5) is 18.6. The maximum Gasteiger partial charge on any atom is 0.410 e. The molecule has 8 nitrogen and oxygen atoms in total. The van der Waals surface area contributed by atoms with E-state index in [1.807, 2.05) is 43.8 Å². The van der Waals surface area contributed by atoms with Gasteiger partial charge in [0.25, 0.3) is 0 Å². The normalized spacial score (nSPS) is 20.1. The topological polar surface area (TPSA) is 92.0 Å². The molecule has 2 aromatic rings. The van der Waals surface area contributed by atoms with E-state index >= 15 is 0 Å². The fraction of sp³-hybridized carbons (Fsp3) is 0.667. The van der Waals surface area contributed by atoms with Gasteiger partial charge in [0.05, 0.1) is 18.8 Å². The van der Waals surface area contributed by atoms with E-state index in [-0.39, 0.29) is 18.6 Å². The number of ether oxygens (including phenoxy) is 1. The lowest BCUT2D eigenvalue weighted by atomic mass is 9.94. The summed E-state index contributed by atoms with van der Waals surface area (Å²) < 4.78 is 7.29. The van der Waals surface area contributed by atoms with Gasteiger partial charge in [-0.15, -0.1) is 11.8 Å². The zero-order valence-electron chi connectivity index (χ0n) is 18.7. The smallest absolute Gasteiger partial charge is 0.410 e. The van der Waals surface area contributed by atoms with Crippen molar-refractivity contribution >= 4 is 29.3 Å². The number of piperidine rings is 1. The van der Waals surface area contributed by atoms with E-state index in [2.05, 4.69) is 24.3 Å². The number of thioether (sulfide) groups is 1. The standard InChI is InChI=1S/C21H33N5O3S/c1-13(2)15-11-23-26-18(30-6)9-17(24-19(15)26)22-10-14-7-8-25(12-16(14)27)20(28)29-21(3,4)5/h9,11,13-14,16,27H,7-8,10,12H2,1-6H3,(H,22,24)/t14-,16+/m1/s1. The van der Waals surface area contributed by atoms with E-state index in [4.69, 9.17) is 9.72 Å². The van der Waals surface area contributed by atoms with Crippen LogP contribution in [0.1, 0.15) is 52.5 Å². The number of anilines is 1. The number of hydrogen-bond donors (Lipinski definition) is 2. The van der Waals surface area contributed by atoms with Crippen LogP contribution in [0.4, 0.5) is 10.6 Å². The quantitative estimate of drug-likeness (QED) is 0.547. The van der Waals surface area contributed by atoms with E-state index in [0.29, 0.717) is 25.4 Å². The molecule has 3 heterocycles. The summed E-state index contributed by atoms with van der Waals surface area (Å²) in [7, 11) is 0. The number of rotatable bonds is 5. The van der Waals surface area contributed by atoms with Crippen LogP contribution in [-0.4, -0.2) is 68.3 Å². The molecule has 9 heteroatoms. The Morgan fingerprint density at radius 3 is 2.77 bits per heavy atom. The number of β-amino-alcohol motifs (C(OH)–C–C–N with tert-alkyl or cyclic N) is 1. The number of aliphatic hydroxyl groups excluding tert-OH is 1. The van der Waals surface area contributed by atoms with E-state index in [1.54, 1.807) is 16.7 Å². The van der Waals surface area contributed by atoms with Gasteiger partial charge >= 0.3 is 6.09 Å². The summed E-state index contributed by atoms with van der Waals surface area (Å²) in [6.07, 6.45) is 3.63. The zero-order chi connectivity index (χ0) is 22.1. The third kappa shape index (κ3) is 5.18. The van der Waals surface area contributed by atoms with Crippen molar-refractivity contribution in [2.45, 2.75) is 63.7 Å². The third-order valence-electron chi connectivity index (χ3n) is 5.22. The second-order valence-electron chi connectivity index (χ2n) is 9.10. The molecule has 1 fully saturated rings. The summed E-state index contributed by atoms with van der Waals surface area (Å²) in [6.45, 7) is 11.2. The Kier molecular flexibility index (Phi) is 6.81. The van der Waals surface area contributed by atoms with Gasteiger partial charge in [-0.05, 0) is 39.4 Å². The number of carbonyl (C=O) groups excluding carboxylic acids is 1. The molecule has 0 bridgehead atoms. The zero-order valence-corrected chi connectivity index (χ0v) is 19.5. The predicted molar refractivity (Wildman–Crippen MR) is 119 cm³/mol. The second kappa shape index (κ2) is 9.01. The Hall–Kier alpha value is -2.00. The molecular weight excluding hydrogens is 402 g/mol. The number of aliphatic hydroxyl groups is 1. The number of aromatic nitrogens is 3. The molecule has 1 aliphatic heterocycles. The molecule has 0 radical (unpaired) electrons. The third-order valence-corrected chi connectivity index (χ3v) is 5.93. The molecule has 1 aliphatic rings. The molecule has 0 aromatic carbocycles. The first kappa shape index (κ1) is 22.7. The van der Waals surface area contributed by atoms with E-state index < -0.39 is 11.7 Å². The van der Waals surface area contributed by atoms with E-state index in [9.17, 15) is 9.90 Å². The molecule has 2 aromatic heterocycles. The highest BCUT2D eigenvalue weighted by molar-refractivity contribution is 7.98. The fourth-order valence-corrected chi connectivity index (χ4v) is 4.08. The molecule has 2 N–H and O–H groups in total. The SMILES string of the molecule is CSc1cc(NC[C@H]2CCN(C(=O)OC(C)(C)C)C[C@@H]2O)nc2c(C(C)C)cnn12. The minimum Gasteiger partial charge on any atom is -0.444 e. The van der Waals surface area contributed by atoms with Gasteiger partial charge < -0.3 is 20.1 Å². The minimum atomic E-state index is -0.608. The van der Waals surface area contributed by atoms with Crippen LogP contribution in [-0.2, 0) is 4.74 Å². The maximum absolute atomic E-state index is 12.3. The number of carbonyl (C=O) groups is 1. The molecule has 0 spiro atoms. The van der Waals surface area contributed by atoms with Crippen LogP contribution in [0.25, 0.3) is 5.65 Å². The van der Waals surface area contributed by atoms with Crippen LogP contribution in [0.5, 0.6) is 0 Å². The van der Waals surface area contributed by atoms with Gasteiger partial charge in [-0.2, -0.15) is 5.10 Å². The van der Waals surface area contributed by atoms with Crippen LogP contribution < -0.4 is 5.32 Å². The molecule has 0 saturated carbocycles. The summed E-state index contributed by atoms with van der Waals surface area (Å²) >= 11 is 1.62. The lowest BCUT2D eigenvalue weighted by Gasteiger charge is -2.36. The first-order valence-corrected chi connectivity index (χ1v) is 11.6. The van der Waals surface area contributed by atoms with Crippen LogP contribution in [0.15, 0.2) is 17.3 Å². The number of likely N-dealkylation sites (tertiary alicyclic amines) is 1. The summed E-state index contributed by atoms with van der Waals surface area (Å²) in [5.74, 6) is 1.14. The number of hydrogen-bond acceptors (Lipinski definition) is 7. The van der Waals surface area contributed by atoms with Gasteiger partial charge in [-0.25, -0.2) is 14.3 Å². The number of nitrogens with zero attached hydrogens (tertiary/aromatic N) is 4. The highest BCUT2D eigenvalue weighted by Gasteiger charge is 2.32. The second-order valence-corrected chi connectivity index (χ2v) is 9.92. The highest BCUT2D eigenvalue weighted by Crippen LogP contribution is 2.26. The van der Waals surface area contributed by atoms with Crippen molar-refractivity contribution < 1.29 is 14.6 Å². The number of nitrogens with one attached hydrogen (secondary N) is 1. The fourth-order valence-electron chi connectivity index (χ4n) is 3.54.